The molecule has 0 fully saturated rings. The lowest BCUT2D eigenvalue weighted by Crippen LogP contribution is -2.39. The molecule has 0 aromatic carbocycles. The van der Waals surface area contributed by atoms with Crippen molar-refractivity contribution in [1.82, 2.24) is 0 Å². The number of nitrogens with two attached hydrogens (primary N) is 1. The summed E-state index contributed by atoms with van der Waals surface area (Å²) < 4.78 is 0. The van der Waals surface area contributed by atoms with Crippen LogP contribution in [0.25, 0.3) is 0 Å². The third kappa shape index (κ3) is 6.06. The second-order valence-corrected chi connectivity index (χ2v) is 3.72. The molecule has 0 saturated heterocycles. The van der Waals surface area contributed by atoms with E-state index < -0.39 is 23.9 Å². The summed E-state index contributed by atoms with van der Waals surface area (Å²) in [7, 11) is 0. The summed E-state index contributed by atoms with van der Waals surface area (Å²) in [4.78, 5) is 21.2. The van der Waals surface area contributed by atoms with Crippen molar-refractivity contribution < 1.29 is 19.8 Å². The maximum Gasteiger partial charge on any atom is 0.320 e. The van der Waals surface area contributed by atoms with Crippen LogP contribution in [0.4, 0.5) is 0 Å². The Morgan fingerprint density at radius 1 is 1.27 bits per heavy atom. The summed E-state index contributed by atoms with van der Waals surface area (Å²) >= 11 is 0. The molecule has 0 saturated carbocycles. The Bertz CT molecular complexity index is 217. The number of aliphatic carboxylic acids is 2. The molecule has 0 aliphatic carbocycles. The maximum atomic E-state index is 10.6. The van der Waals surface area contributed by atoms with Crippen molar-refractivity contribution in [1.29, 1.82) is 0 Å². The topological polar surface area (TPSA) is 101 Å². The van der Waals surface area contributed by atoms with Gasteiger partial charge in [-0.15, -0.1) is 0 Å². The molecule has 0 heterocycles. The minimum absolute atomic E-state index is 0.169. The predicted octanol–water partition coefficient (Wildman–Crippen LogP) is 1.07. The third-order valence-electron chi connectivity index (χ3n) is 2.41. The first-order valence-electron chi connectivity index (χ1n) is 5.19. The van der Waals surface area contributed by atoms with Gasteiger partial charge in [-0.25, -0.2) is 0 Å². The van der Waals surface area contributed by atoms with Crippen molar-refractivity contribution >= 4 is 11.9 Å². The van der Waals surface area contributed by atoms with Crippen LogP contribution in [-0.4, -0.2) is 28.2 Å². The van der Waals surface area contributed by atoms with Crippen molar-refractivity contribution in [3.05, 3.63) is 0 Å². The number of rotatable bonds is 8. The van der Waals surface area contributed by atoms with Crippen LogP contribution in [0.5, 0.6) is 0 Å². The Labute approximate surface area is 89.3 Å². The van der Waals surface area contributed by atoms with Gasteiger partial charge in [-0.1, -0.05) is 26.2 Å². The molecule has 4 N–H and O–H groups in total. The minimum Gasteiger partial charge on any atom is -0.481 e. The van der Waals surface area contributed by atoms with E-state index in [1.807, 2.05) is 6.92 Å². The second-order valence-electron chi connectivity index (χ2n) is 3.72. The molecule has 0 aliphatic rings. The Kier molecular flexibility index (Phi) is 6.70. The zero-order chi connectivity index (χ0) is 11.8. The van der Waals surface area contributed by atoms with Crippen molar-refractivity contribution in [2.45, 2.75) is 45.1 Å². The lowest BCUT2D eigenvalue weighted by molar-refractivity contribution is -0.142. The third-order valence-corrected chi connectivity index (χ3v) is 2.41. The summed E-state index contributed by atoms with van der Waals surface area (Å²) in [5, 5.41) is 17.3. The lowest BCUT2D eigenvalue weighted by atomic mass is 9.91. The van der Waals surface area contributed by atoms with Crippen LogP contribution in [0, 0.1) is 5.92 Å². The van der Waals surface area contributed by atoms with Gasteiger partial charge in [-0.3, -0.25) is 9.59 Å². The van der Waals surface area contributed by atoms with Gasteiger partial charge in [0, 0.05) is 0 Å². The van der Waals surface area contributed by atoms with E-state index in [-0.39, 0.29) is 6.42 Å². The van der Waals surface area contributed by atoms with Crippen molar-refractivity contribution in [2.24, 2.45) is 11.7 Å². The maximum absolute atomic E-state index is 10.6. The average Bonchev–Trinajstić information content (AvgIpc) is 2.14. The molecule has 5 nitrogen and oxygen atoms in total. The SMILES string of the molecule is CCCCC[C@H](CC(=O)O)[C@@H](N)C(=O)O. The van der Waals surface area contributed by atoms with Gasteiger partial charge in [0.1, 0.15) is 6.04 Å². The van der Waals surface area contributed by atoms with E-state index in [0.29, 0.717) is 6.42 Å². The fourth-order valence-corrected chi connectivity index (χ4v) is 1.49. The Hall–Kier alpha value is -1.10. The zero-order valence-corrected chi connectivity index (χ0v) is 8.98. The van der Waals surface area contributed by atoms with E-state index in [1.165, 1.54) is 0 Å². The van der Waals surface area contributed by atoms with Crippen LogP contribution >= 0.6 is 0 Å². The normalized spacial score (nSPS) is 14.5. The largest absolute Gasteiger partial charge is 0.481 e. The van der Waals surface area contributed by atoms with Crippen LogP contribution in [0.1, 0.15) is 39.0 Å². The highest BCUT2D eigenvalue weighted by atomic mass is 16.4. The summed E-state index contributed by atoms with van der Waals surface area (Å²) in [6.45, 7) is 2.03. The molecular formula is C10H19NO4. The minimum atomic E-state index is -1.13. The van der Waals surface area contributed by atoms with Crippen molar-refractivity contribution in [3.8, 4) is 0 Å². The monoisotopic (exact) mass is 217 g/mol. The quantitative estimate of drug-likeness (QED) is 0.528. The van der Waals surface area contributed by atoms with Gasteiger partial charge in [-0.05, 0) is 12.3 Å². The highest BCUT2D eigenvalue weighted by Gasteiger charge is 2.25. The van der Waals surface area contributed by atoms with Crippen LogP contribution in [0.2, 0.25) is 0 Å². The zero-order valence-electron chi connectivity index (χ0n) is 8.98. The molecule has 0 amide bonds. The summed E-state index contributed by atoms with van der Waals surface area (Å²) in [5.74, 6) is -2.59. The molecule has 0 unspecified atom stereocenters. The Morgan fingerprint density at radius 2 is 1.87 bits per heavy atom. The van der Waals surface area contributed by atoms with Crippen LogP contribution in [0.15, 0.2) is 0 Å². The Balaban J connectivity index is 4.17. The molecule has 5 heteroatoms. The van der Waals surface area contributed by atoms with E-state index in [4.69, 9.17) is 15.9 Å². The van der Waals surface area contributed by atoms with E-state index >= 15 is 0 Å². The van der Waals surface area contributed by atoms with E-state index in [0.717, 1.165) is 19.3 Å². The van der Waals surface area contributed by atoms with Gasteiger partial charge in [0.2, 0.25) is 0 Å². The standard InChI is InChI=1S/C10H19NO4/c1-2-3-4-5-7(6-8(12)13)9(11)10(14)15/h7,9H,2-6,11H2,1H3,(H,12,13)(H,14,15)/t7-,9-/m1/s1. The van der Waals surface area contributed by atoms with Gasteiger partial charge in [0.05, 0.1) is 6.42 Å². The summed E-state index contributed by atoms with van der Waals surface area (Å²) in [6, 6.07) is -1.07. The molecule has 0 spiro atoms. The smallest absolute Gasteiger partial charge is 0.320 e. The molecule has 0 aromatic rings. The van der Waals surface area contributed by atoms with Crippen molar-refractivity contribution in [2.75, 3.05) is 0 Å². The first kappa shape index (κ1) is 13.9. The molecule has 0 radical (unpaired) electrons. The van der Waals surface area contributed by atoms with Crippen LogP contribution < -0.4 is 5.73 Å². The predicted molar refractivity (Wildman–Crippen MR) is 55.5 cm³/mol. The Morgan fingerprint density at radius 3 is 2.27 bits per heavy atom. The number of carboxylic acids is 2. The highest BCUT2D eigenvalue weighted by molar-refractivity contribution is 5.75. The molecule has 0 aromatic heterocycles. The first-order chi connectivity index (χ1) is 6.99. The lowest BCUT2D eigenvalue weighted by Gasteiger charge is -2.18. The molecule has 88 valence electrons. The molecule has 15 heavy (non-hydrogen) atoms. The van der Waals surface area contributed by atoms with Crippen molar-refractivity contribution in [3.63, 3.8) is 0 Å². The molecule has 0 bridgehead atoms. The fourth-order valence-electron chi connectivity index (χ4n) is 1.49. The number of carbonyl (C=O) groups is 2. The van der Waals surface area contributed by atoms with Gasteiger partial charge in [0.25, 0.3) is 0 Å². The molecule has 2 atom stereocenters. The van der Waals surface area contributed by atoms with Crippen LogP contribution in [-0.2, 0) is 9.59 Å². The second kappa shape index (κ2) is 7.23. The highest BCUT2D eigenvalue weighted by Crippen LogP contribution is 2.17. The number of carboxylic acid groups (broad SMARTS) is 2. The first-order valence-corrected chi connectivity index (χ1v) is 5.19. The van der Waals surface area contributed by atoms with E-state index in [2.05, 4.69) is 0 Å². The molecular weight excluding hydrogens is 198 g/mol. The molecule has 0 rings (SSSR count). The average molecular weight is 217 g/mol. The number of hydrogen-bond donors (Lipinski definition) is 3. The molecule has 0 aliphatic heterocycles. The van der Waals surface area contributed by atoms with E-state index in [9.17, 15) is 9.59 Å². The van der Waals surface area contributed by atoms with E-state index in [1.54, 1.807) is 0 Å². The summed E-state index contributed by atoms with van der Waals surface area (Å²) in [6.07, 6.45) is 3.21. The number of hydrogen-bond acceptors (Lipinski definition) is 3. The number of unbranched alkanes of at least 4 members (excludes halogenated alkanes) is 2. The van der Waals surface area contributed by atoms with Gasteiger partial charge >= 0.3 is 11.9 Å². The fraction of sp³-hybridized carbons (Fsp3) is 0.800. The van der Waals surface area contributed by atoms with Crippen LogP contribution in [0.3, 0.4) is 0 Å². The van der Waals surface area contributed by atoms with Gasteiger partial charge in [0.15, 0.2) is 0 Å². The van der Waals surface area contributed by atoms with Gasteiger partial charge in [-0.2, -0.15) is 0 Å². The van der Waals surface area contributed by atoms with Gasteiger partial charge < -0.3 is 15.9 Å². The summed E-state index contributed by atoms with van der Waals surface area (Å²) in [5.41, 5.74) is 5.43.